The number of rotatable bonds is 3. The minimum Gasteiger partial charge on any atom is -0.384 e. The van der Waals surface area contributed by atoms with E-state index in [1.165, 1.54) is 24.7 Å². The van der Waals surface area contributed by atoms with Crippen LogP contribution in [0.1, 0.15) is 31.4 Å². The molecule has 1 N–H and O–H groups in total. The number of hydrogen-bond acceptors (Lipinski definition) is 5. The van der Waals surface area contributed by atoms with Gasteiger partial charge in [0.2, 0.25) is 0 Å². The molecule has 0 aromatic carbocycles. The normalized spacial score (nSPS) is 16.6. The summed E-state index contributed by atoms with van der Waals surface area (Å²) in [4.78, 5) is 4.22. The first-order chi connectivity index (χ1) is 9.95. The molecule has 3 rings (SSSR count). The molecule has 2 aromatic rings. The first kappa shape index (κ1) is 14.1. The average molecular weight is 293 g/mol. The molecule has 0 atom stereocenters. The Morgan fingerprint density at radius 3 is 2.57 bits per heavy atom. The lowest BCUT2D eigenvalue weighted by molar-refractivity contribution is -0.0443. The smallest absolute Gasteiger partial charge is 0.185 e. The highest BCUT2D eigenvalue weighted by Gasteiger charge is 2.25. The van der Waals surface area contributed by atoms with Gasteiger partial charge >= 0.3 is 0 Å². The molecule has 0 amide bonds. The van der Waals surface area contributed by atoms with Crippen LogP contribution in [-0.2, 0) is 15.1 Å². The van der Waals surface area contributed by atoms with E-state index in [-0.39, 0.29) is 5.69 Å². The highest BCUT2D eigenvalue weighted by molar-refractivity contribution is 5.27. The van der Waals surface area contributed by atoms with Gasteiger partial charge in [0, 0.05) is 11.8 Å². The Bertz CT molecular complexity index is 628. The van der Waals surface area contributed by atoms with Gasteiger partial charge in [0.05, 0.1) is 19.4 Å². The van der Waals surface area contributed by atoms with Crippen molar-refractivity contribution in [3.05, 3.63) is 41.6 Å². The van der Waals surface area contributed by atoms with Crippen LogP contribution in [0.15, 0.2) is 24.5 Å². The van der Waals surface area contributed by atoms with Crippen LogP contribution in [-0.4, -0.2) is 33.1 Å². The molecule has 1 aliphatic rings. The zero-order chi connectivity index (χ0) is 15.0. The number of pyridine rings is 1. The Labute approximate surface area is 121 Å². The number of ether oxygens (including phenoxy) is 2. The van der Waals surface area contributed by atoms with Gasteiger partial charge in [0.15, 0.2) is 17.9 Å². The largest absolute Gasteiger partial charge is 0.384 e. The predicted octanol–water partition coefficient (Wildman–Crippen LogP) is 1.68. The van der Waals surface area contributed by atoms with Crippen molar-refractivity contribution in [2.24, 2.45) is 0 Å². The first-order valence-electron chi connectivity index (χ1n) is 6.63. The predicted molar refractivity (Wildman–Crippen MR) is 71.2 cm³/mol. The Morgan fingerprint density at radius 1 is 1.33 bits per heavy atom. The second-order valence-electron chi connectivity index (χ2n) is 5.35. The van der Waals surface area contributed by atoms with Crippen molar-refractivity contribution in [3.8, 4) is 5.82 Å². The van der Waals surface area contributed by atoms with Crippen LogP contribution in [0, 0.1) is 5.82 Å². The molecule has 21 heavy (non-hydrogen) atoms. The second kappa shape index (κ2) is 5.18. The zero-order valence-corrected chi connectivity index (χ0v) is 11.8. The summed E-state index contributed by atoms with van der Waals surface area (Å²) in [5.41, 5.74) is -0.566. The van der Waals surface area contributed by atoms with Gasteiger partial charge in [-0.15, -0.1) is 0 Å². The fourth-order valence-corrected chi connectivity index (χ4v) is 2.11. The van der Waals surface area contributed by atoms with Crippen molar-refractivity contribution in [2.75, 3.05) is 13.2 Å². The number of nitrogens with zero attached hydrogens (tertiary/aromatic N) is 3. The van der Waals surface area contributed by atoms with Crippen molar-refractivity contribution in [1.82, 2.24) is 14.8 Å². The maximum Gasteiger partial charge on any atom is 0.185 e. The van der Waals surface area contributed by atoms with E-state index < -0.39 is 17.7 Å². The van der Waals surface area contributed by atoms with Crippen molar-refractivity contribution >= 4 is 0 Å². The molecule has 2 aromatic heterocycles. The van der Waals surface area contributed by atoms with Crippen LogP contribution in [0.5, 0.6) is 0 Å². The molecule has 1 aliphatic heterocycles. The van der Waals surface area contributed by atoms with Crippen molar-refractivity contribution < 1.29 is 19.0 Å². The molecule has 0 aliphatic carbocycles. The second-order valence-corrected chi connectivity index (χ2v) is 5.35. The van der Waals surface area contributed by atoms with Gasteiger partial charge < -0.3 is 14.6 Å². The lowest BCUT2D eigenvalue weighted by Gasteiger charge is -2.13. The van der Waals surface area contributed by atoms with Gasteiger partial charge in [-0.2, -0.15) is 5.10 Å². The van der Waals surface area contributed by atoms with Crippen LogP contribution in [0.25, 0.3) is 5.82 Å². The summed E-state index contributed by atoms with van der Waals surface area (Å²) in [6, 6.07) is 3.49. The number of aromatic nitrogens is 3. The molecule has 3 heterocycles. The topological polar surface area (TPSA) is 69.4 Å². The van der Waals surface area contributed by atoms with Crippen LogP contribution in [0.2, 0.25) is 0 Å². The molecule has 1 saturated heterocycles. The van der Waals surface area contributed by atoms with E-state index in [2.05, 4.69) is 10.1 Å². The van der Waals surface area contributed by atoms with Gasteiger partial charge in [-0.05, 0) is 26.0 Å². The van der Waals surface area contributed by atoms with Crippen molar-refractivity contribution in [3.63, 3.8) is 0 Å². The highest BCUT2D eigenvalue weighted by atomic mass is 19.1. The molecule has 0 spiro atoms. The summed E-state index contributed by atoms with van der Waals surface area (Å²) in [5.74, 6) is -0.123. The van der Waals surface area contributed by atoms with Crippen LogP contribution in [0.4, 0.5) is 4.39 Å². The molecule has 7 heteroatoms. The third kappa shape index (κ3) is 2.80. The van der Waals surface area contributed by atoms with Gasteiger partial charge in [0.1, 0.15) is 11.3 Å². The lowest BCUT2D eigenvalue weighted by Crippen LogP contribution is -2.18. The Kier molecular flexibility index (Phi) is 3.48. The standard InChI is InChI=1S/C14H16FN3O3/c1-14(2,19)12-10(15)8-18(17-12)11-4-3-9(7-16-11)13-20-5-6-21-13/h3-4,7-8,13,19H,5-6H2,1-2H3. The number of hydrogen-bond donors (Lipinski definition) is 1. The number of halogens is 1. The monoisotopic (exact) mass is 293 g/mol. The maximum atomic E-state index is 13.8. The van der Waals surface area contributed by atoms with E-state index in [9.17, 15) is 9.50 Å². The van der Waals surface area contributed by atoms with Gasteiger partial charge in [0.25, 0.3) is 0 Å². The molecular formula is C14H16FN3O3. The molecule has 0 unspecified atom stereocenters. The molecule has 6 nitrogen and oxygen atoms in total. The van der Waals surface area contributed by atoms with Crippen LogP contribution < -0.4 is 0 Å². The van der Waals surface area contributed by atoms with Gasteiger partial charge in [-0.1, -0.05) is 0 Å². The molecule has 112 valence electrons. The third-order valence-electron chi connectivity index (χ3n) is 3.15. The fraction of sp³-hybridized carbons (Fsp3) is 0.429. The summed E-state index contributed by atoms with van der Waals surface area (Å²) in [6.07, 6.45) is 2.40. The third-order valence-corrected chi connectivity index (χ3v) is 3.15. The summed E-state index contributed by atoms with van der Waals surface area (Å²) in [5, 5.41) is 13.9. The highest BCUT2D eigenvalue weighted by Crippen LogP contribution is 2.24. The van der Waals surface area contributed by atoms with E-state index in [1.807, 2.05) is 0 Å². The molecule has 0 radical (unpaired) electrons. The Balaban J connectivity index is 1.87. The SMILES string of the molecule is CC(C)(O)c1nn(-c2ccc(C3OCCO3)cn2)cc1F. The van der Waals surface area contributed by atoms with Crippen molar-refractivity contribution in [1.29, 1.82) is 0 Å². The maximum absolute atomic E-state index is 13.8. The van der Waals surface area contributed by atoms with E-state index >= 15 is 0 Å². The van der Waals surface area contributed by atoms with E-state index in [4.69, 9.17) is 9.47 Å². The van der Waals surface area contributed by atoms with E-state index in [1.54, 1.807) is 18.3 Å². The summed E-state index contributed by atoms with van der Waals surface area (Å²) in [6.45, 7) is 4.08. The minimum absolute atomic E-state index is 0.0177. The summed E-state index contributed by atoms with van der Waals surface area (Å²) in [7, 11) is 0. The summed E-state index contributed by atoms with van der Waals surface area (Å²) < 4.78 is 25.8. The average Bonchev–Trinajstić information content (AvgIpc) is 3.07. The van der Waals surface area contributed by atoms with Crippen LogP contribution in [0.3, 0.4) is 0 Å². The molecule has 0 bridgehead atoms. The van der Waals surface area contributed by atoms with Gasteiger partial charge in [-0.25, -0.2) is 14.1 Å². The van der Waals surface area contributed by atoms with Crippen LogP contribution >= 0.6 is 0 Å². The quantitative estimate of drug-likeness (QED) is 0.932. The fourth-order valence-electron chi connectivity index (χ4n) is 2.11. The Morgan fingerprint density at radius 2 is 2.05 bits per heavy atom. The molecule has 1 fully saturated rings. The molecule has 0 saturated carbocycles. The first-order valence-corrected chi connectivity index (χ1v) is 6.63. The Hall–Kier alpha value is -1.83. The van der Waals surface area contributed by atoms with E-state index in [0.717, 1.165) is 5.56 Å². The lowest BCUT2D eigenvalue weighted by atomic mass is 10.1. The molecular weight excluding hydrogens is 277 g/mol. The number of aliphatic hydroxyl groups is 1. The zero-order valence-electron chi connectivity index (χ0n) is 11.8. The van der Waals surface area contributed by atoms with Crippen molar-refractivity contribution in [2.45, 2.75) is 25.7 Å². The minimum atomic E-state index is -1.35. The summed E-state index contributed by atoms with van der Waals surface area (Å²) >= 11 is 0. The van der Waals surface area contributed by atoms with Gasteiger partial charge in [-0.3, -0.25) is 0 Å². The van der Waals surface area contributed by atoms with E-state index in [0.29, 0.717) is 19.0 Å².